The molecule has 0 saturated carbocycles. The van der Waals surface area contributed by atoms with Crippen LogP contribution in [-0.2, 0) is 16.1 Å². The number of thioether (sulfide) groups is 1. The molecule has 10 heteroatoms. The summed E-state index contributed by atoms with van der Waals surface area (Å²) in [4.78, 5) is 31.5. The molecule has 174 valence electrons. The average molecular weight is 496 g/mol. The molecule has 1 N–H and O–H groups in total. The van der Waals surface area contributed by atoms with Crippen molar-refractivity contribution < 1.29 is 19.0 Å². The van der Waals surface area contributed by atoms with Gasteiger partial charge < -0.3 is 19.5 Å². The van der Waals surface area contributed by atoms with Crippen LogP contribution in [-0.4, -0.2) is 41.7 Å². The largest absolute Gasteiger partial charge is 0.454 e. The summed E-state index contributed by atoms with van der Waals surface area (Å²) >= 11 is 2.64. The van der Waals surface area contributed by atoms with E-state index in [0.29, 0.717) is 45.7 Å². The van der Waals surface area contributed by atoms with Gasteiger partial charge >= 0.3 is 0 Å². The van der Waals surface area contributed by atoms with E-state index in [9.17, 15) is 9.59 Å². The molecule has 5 rings (SSSR count). The standard InChI is InChI=1S/C24H21N3O5S2/c1-30-10-9-27-23(29)21-17(15-5-3-2-4-6-15)12-33-22(21)26-24(27)34-13-20(28)25-16-7-8-18-19(11-16)32-14-31-18/h2-8,11-12H,9-10,13-14H2,1H3,(H,25,28). The van der Waals surface area contributed by atoms with Gasteiger partial charge in [-0.2, -0.15) is 0 Å². The molecule has 0 fully saturated rings. The van der Waals surface area contributed by atoms with E-state index in [1.165, 1.54) is 23.1 Å². The number of methoxy groups -OCH3 is 1. The molecule has 0 bridgehead atoms. The van der Waals surface area contributed by atoms with Gasteiger partial charge in [-0.1, -0.05) is 42.1 Å². The molecule has 3 heterocycles. The summed E-state index contributed by atoms with van der Waals surface area (Å²) in [5.41, 5.74) is 2.30. The summed E-state index contributed by atoms with van der Waals surface area (Å²) in [6, 6.07) is 15.0. The third-order valence-electron chi connectivity index (χ3n) is 5.25. The molecule has 34 heavy (non-hydrogen) atoms. The number of benzene rings is 2. The number of fused-ring (bicyclic) bond motifs is 2. The molecule has 2 aromatic carbocycles. The van der Waals surface area contributed by atoms with E-state index in [4.69, 9.17) is 19.2 Å². The number of aromatic nitrogens is 2. The summed E-state index contributed by atoms with van der Waals surface area (Å²) < 4.78 is 17.4. The van der Waals surface area contributed by atoms with Crippen molar-refractivity contribution in [3.8, 4) is 22.6 Å². The maximum atomic E-state index is 13.5. The number of ether oxygens (including phenoxy) is 3. The van der Waals surface area contributed by atoms with Gasteiger partial charge in [0.2, 0.25) is 12.7 Å². The lowest BCUT2D eigenvalue weighted by atomic mass is 10.1. The van der Waals surface area contributed by atoms with Crippen LogP contribution >= 0.6 is 23.1 Å². The Morgan fingerprint density at radius 1 is 1.21 bits per heavy atom. The van der Waals surface area contributed by atoms with Crippen molar-refractivity contribution in [1.82, 2.24) is 9.55 Å². The van der Waals surface area contributed by atoms with Gasteiger partial charge in [0.15, 0.2) is 16.7 Å². The van der Waals surface area contributed by atoms with Crippen molar-refractivity contribution in [1.29, 1.82) is 0 Å². The van der Waals surface area contributed by atoms with Crippen LogP contribution in [0.1, 0.15) is 0 Å². The number of thiophene rings is 1. The van der Waals surface area contributed by atoms with Crippen molar-refractivity contribution in [3.63, 3.8) is 0 Å². The van der Waals surface area contributed by atoms with Gasteiger partial charge in [0.1, 0.15) is 4.83 Å². The Balaban J connectivity index is 1.39. The molecule has 4 aromatic rings. The number of carbonyl (C=O) groups is 1. The lowest BCUT2D eigenvalue weighted by Gasteiger charge is -2.12. The number of carbonyl (C=O) groups excluding carboxylic acids is 1. The van der Waals surface area contributed by atoms with Crippen LogP contribution in [0.3, 0.4) is 0 Å². The van der Waals surface area contributed by atoms with Crippen molar-refractivity contribution in [2.24, 2.45) is 0 Å². The predicted octanol–water partition coefficient (Wildman–Crippen LogP) is 4.23. The Bertz CT molecular complexity index is 1400. The highest BCUT2D eigenvalue weighted by Crippen LogP contribution is 2.35. The van der Waals surface area contributed by atoms with E-state index in [2.05, 4.69) is 5.32 Å². The molecule has 0 radical (unpaired) electrons. The topological polar surface area (TPSA) is 91.7 Å². The number of amides is 1. The number of hydrogen-bond acceptors (Lipinski definition) is 8. The monoisotopic (exact) mass is 495 g/mol. The summed E-state index contributed by atoms with van der Waals surface area (Å²) in [7, 11) is 1.59. The molecule has 0 spiro atoms. The van der Waals surface area contributed by atoms with Crippen molar-refractivity contribution in [3.05, 3.63) is 64.3 Å². The molecule has 1 aliphatic heterocycles. The average Bonchev–Trinajstić information content (AvgIpc) is 3.50. The number of anilines is 1. The van der Waals surface area contributed by atoms with Crippen molar-refractivity contribution >= 4 is 44.9 Å². The Morgan fingerprint density at radius 2 is 2.03 bits per heavy atom. The first-order valence-electron chi connectivity index (χ1n) is 10.5. The van der Waals surface area contributed by atoms with Crippen LogP contribution in [0.5, 0.6) is 11.5 Å². The molecule has 1 aliphatic rings. The van der Waals surface area contributed by atoms with Crippen molar-refractivity contribution in [2.75, 3.05) is 31.6 Å². The van der Waals surface area contributed by atoms with E-state index in [1.54, 1.807) is 29.9 Å². The summed E-state index contributed by atoms with van der Waals surface area (Å²) in [5, 5.41) is 5.87. The summed E-state index contributed by atoms with van der Waals surface area (Å²) in [6.07, 6.45) is 0. The van der Waals surface area contributed by atoms with Crippen molar-refractivity contribution in [2.45, 2.75) is 11.7 Å². The molecule has 2 aromatic heterocycles. The zero-order valence-electron chi connectivity index (χ0n) is 18.3. The zero-order chi connectivity index (χ0) is 23.5. The number of nitrogens with zero attached hydrogens (tertiary/aromatic N) is 2. The van der Waals surface area contributed by atoms with Crippen LogP contribution in [0.25, 0.3) is 21.3 Å². The predicted molar refractivity (Wildman–Crippen MR) is 133 cm³/mol. The normalized spacial score (nSPS) is 12.3. The summed E-state index contributed by atoms with van der Waals surface area (Å²) in [6.45, 7) is 0.869. The van der Waals surface area contributed by atoms with E-state index in [1.807, 2.05) is 35.7 Å². The zero-order valence-corrected chi connectivity index (χ0v) is 19.9. The van der Waals surface area contributed by atoms with Crippen LogP contribution in [0.15, 0.2) is 63.9 Å². The maximum Gasteiger partial charge on any atom is 0.263 e. The smallest absolute Gasteiger partial charge is 0.263 e. The first kappa shape index (κ1) is 22.5. The molecule has 0 unspecified atom stereocenters. The Kier molecular flexibility index (Phi) is 6.52. The molecule has 0 atom stereocenters. The fourth-order valence-corrected chi connectivity index (χ4v) is 5.44. The highest BCUT2D eigenvalue weighted by Gasteiger charge is 2.19. The lowest BCUT2D eigenvalue weighted by molar-refractivity contribution is -0.113. The second-order valence-corrected chi connectivity index (χ2v) is 9.25. The first-order valence-corrected chi connectivity index (χ1v) is 12.4. The third kappa shape index (κ3) is 4.52. The van der Waals surface area contributed by atoms with Crippen LogP contribution < -0.4 is 20.3 Å². The van der Waals surface area contributed by atoms with E-state index >= 15 is 0 Å². The minimum atomic E-state index is -0.215. The van der Waals surface area contributed by atoms with Gasteiger partial charge in [-0.3, -0.25) is 14.2 Å². The van der Waals surface area contributed by atoms with Gasteiger partial charge in [0.05, 0.1) is 24.3 Å². The highest BCUT2D eigenvalue weighted by molar-refractivity contribution is 7.99. The van der Waals surface area contributed by atoms with E-state index in [0.717, 1.165) is 11.1 Å². The number of hydrogen-bond donors (Lipinski definition) is 1. The van der Waals surface area contributed by atoms with Crippen LogP contribution in [0.4, 0.5) is 5.69 Å². The number of nitrogens with one attached hydrogen (secondary N) is 1. The molecular weight excluding hydrogens is 474 g/mol. The first-order chi connectivity index (χ1) is 16.6. The molecule has 1 amide bonds. The molecule has 8 nitrogen and oxygen atoms in total. The third-order valence-corrected chi connectivity index (χ3v) is 7.10. The highest BCUT2D eigenvalue weighted by atomic mass is 32.2. The van der Waals surface area contributed by atoms with Gasteiger partial charge in [-0.05, 0) is 17.7 Å². The minimum absolute atomic E-state index is 0.0935. The lowest BCUT2D eigenvalue weighted by Crippen LogP contribution is -2.25. The molecule has 0 aliphatic carbocycles. The van der Waals surface area contributed by atoms with Gasteiger partial charge in [0.25, 0.3) is 5.56 Å². The second-order valence-electron chi connectivity index (χ2n) is 7.44. The molecule has 0 saturated heterocycles. The van der Waals surface area contributed by atoms with E-state index in [-0.39, 0.29) is 24.0 Å². The van der Waals surface area contributed by atoms with Gasteiger partial charge in [-0.15, -0.1) is 11.3 Å². The van der Waals surface area contributed by atoms with Crippen LogP contribution in [0, 0.1) is 0 Å². The van der Waals surface area contributed by atoms with E-state index < -0.39 is 0 Å². The Morgan fingerprint density at radius 3 is 2.85 bits per heavy atom. The van der Waals surface area contributed by atoms with Crippen LogP contribution in [0.2, 0.25) is 0 Å². The molecular formula is C24H21N3O5S2. The SMILES string of the molecule is COCCn1c(SCC(=O)Nc2ccc3c(c2)OCO3)nc2scc(-c3ccccc3)c2c1=O. The van der Waals surface area contributed by atoms with Gasteiger partial charge in [0, 0.05) is 29.8 Å². The fraction of sp³-hybridized carbons (Fsp3) is 0.208. The Labute approximate surface area is 203 Å². The number of rotatable bonds is 8. The van der Waals surface area contributed by atoms with Gasteiger partial charge in [-0.25, -0.2) is 4.98 Å². The fourth-order valence-electron chi connectivity index (χ4n) is 3.63. The Hall–Kier alpha value is -3.34. The summed E-state index contributed by atoms with van der Waals surface area (Å²) in [5.74, 6) is 1.12. The maximum absolute atomic E-state index is 13.5. The minimum Gasteiger partial charge on any atom is -0.454 e. The second kappa shape index (κ2) is 9.88. The quantitative estimate of drug-likeness (QED) is 0.289.